The third-order valence-electron chi connectivity index (χ3n) is 2.41. The minimum absolute atomic E-state index is 0.110. The molecule has 0 atom stereocenters. The van der Waals surface area contributed by atoms with E-state index in [1.54, 1.807) is 25.1 Å². The number of rotatable bonds is 1. The molecule has 0 fully saturated rings. The van der Waals surface area contributed by atoms with E-state index in [0.717, 1.165) is 11.6 Å². The number of hydrogen-bond acceptors (Lipinski definition) is 2. The zero-order valence-electron chi connectivity index (χ0n) is 8.74. The van der Waals surface area contributed by atoms with E-state index in [2.05, 4.69) is 0 Å². The highest BCUT2D eigenvalue weighted by atomic mass is 19.1. The second-order valence-corrected chi connectivity index (χ2v) is 3.70. The van der Waals surface area contributed by atoms with Crippen LogP contribution in [-0.4, -0.2) is 10.2 Å². The smallest absolute Gasteiger partial charge is 0.127 e. The fraction of sp³-hybridized carbons (Fsp3) is 0.0769. The summed E-state index contributed by atoms with van der Waals surface area (Å²) in [6, 6.07) is 8.84. The molecule has 82 valence electrons. The van der Waals surface area contributed by atoms with Crippen molar-refractivity contribution in [2.75, 3.05) is 0 Å². The van der Waals surface area contributed by atoms with Gasteiger partial charge >= 0.3 is 0 Å². The van der Waals surface area contributed by atoms with Crippen molar-refractivity contribution in [1.29, 1.82) is 0 Å². The topological polar surface area (TPSA) is 40.5 Å². The summed E-state index contributed by atoms with van der Waals surface area (Å²) in [5, 5.41) is 18.7. The molecule has 0 aliphatic carbocycles. The van der Waals surface area contributed by atoms with E-state index < -0.39 is 5.82 Å². The van der Waals surface area contributed by atoms with Crippen molar-refractivity contribution in [2.45, 2.75) is 6.92 Å². The van der Waals surface area contributed by atoms with Gasteiger partial charge in [-0.25, -0.2) is 4.39 Å². The second-order valence-electron chi connectivity index (χ2n) is 3.70. The first-order valence-corrected chi connectivity index (χ1v) is 4.86. The van der Waals surface area contributed by atoms with Crippen LogP contribution < -0.4 is 0 Å². The maximum atomic E-state index is 13.1. The summed E-state index contributed by atoms with van der Waals surface area (Å²) in [4.78, 5) is 0. The van der Waals surface area contributed by atoms with Gasteiger partial charge in [0.2, 0.25) is 0 Å². The van der Waals surface area contributed by atoms with E-state index in [1.165, 1.54) is 12.1 Å². The lowest BCUT2D eigenvalue weighted by atomic mass is 10.0. The van der Waals surface area contributed by atoms with Crippen LogP contribution in [0.1, 0.15) is 5.56 Å². The molecular formula is C13H11FO2. The minimum atomic E-state index is -0.485. The molecule has 0 amide bonds. The Labute approximate surface area is 92.6 Å². The molecule has 2 N–H and O–H groups in total. The predicted molar refractivity (Wildman–Crippen MR) is 59.9 cm³/mol. The second kappa shape index (κ2) is 3.85. The number of aromatic hydroxyl groups is 2. The van der Waals surface area contributed by atoms with Crippen LogP contribution in [0.15, 0.2) is 36.4 Å². The lowest BCUT2D eigenvalue weighted by molar-refractivity contribution is 0.469. The van der Waals surface area contributed by atoms with E-state index in [-0.39, 0.29) is 11.5 Å². The molecule has 0 spiro atoms. The molecule has 0 saturated carbocycles. The summed E-state index contributed by atoms with van der Waals surface area (Å²) in [6.45, 7) is 1.76. The maximum absolute atomic E-state index is 13.1. The van der Waals surface area contributed by atoms with Gasteiger partial charge in [0.1, 0.15) is 17.3 Å². The van der Waals surface area contributed by atoms with Gasteiger partial charge in [-0.1, -0.05) is 6.07 Å². The van der Waals surface area contributed by atoms with Gasteiger partial charge in [-0.3, -0.25) is 0 Å². The molecule has 2 aromatic carbocycles. The van der Waals surface area contributed by atoms with Gasteiger partial charge in [-0.05, 0) is 47.9 Å². The van der Waals surface area contributed by atoms with Gasteiger partial charge in [0.25, 0.3) is 0 Å². The van der Waals surface area contributed by atoms with Crippen LogP contribution in [0.25, 0.3) is 11.1 Å². The Hall–Kier alpha value is -2.03. The zero-order chi connectivity index (χ0) is 11.7. The summed E-state index contributed by atoms with van der Waals surface area (Å²) >= 11 is 0. The Bertz CT molecular complexity index is 515. The van der Waals surface area contributed by atoms with Crippen molar-refractivity contribution in [3.63, 3.8) is 0 Å². The van der Waals surface area contributed by atoms with Crippen LogP contribution in [0.5, 0.6) is 11.5 Å². The van der Waals surface area contributed by atoms with E-state index in [1.807, 2.05) is 0 Å². The van der Waals surface area contributed by atoms with Gasteiger partial charge in [0, 0.05) is 6.07 Å². The Morgan fingerprint density at radius 3 is 2.31 bits per heavy atom. The van der Waals surface area contributed by atoms with Gasteiger partial charge < -0.3 is 10.2 Å². The van der Waals surface area contributed by atoms with Gasteiger partial charge in [0.15, 0.2) is 0 Å². The summed E-state index contributed by atoms with van der Waals surface area (Å²) in [6.07, 6.45) is 0. The van der Waals surface area contributed by atoms with Crippen LogP contribution in [0.4, 0.5) is 4.39 Å². The lowest BCUT2D eigenvalue weighted by Gasteiger charge is -2.05. The standard InChI is InChI=1S/C13H11FO2/c1-8-4-9(2-3-13(8)16)10-5-11(14)7-12(15)6-10/h2-7,15-16H,1H3. The highest BCUT2D eigenvalue weighted by molar-refractivity contribution is 5.67. The fourth-order valence-corrected chi connectivity index (χ4v) is 1.58. The van der Waals surface area contributed by atoms with Gasteiger partial charge in [-0.15, -0.1) is 0 Å². The molecular weight excluding hydrogens is 207 g/mol. The number of aryl methyl sites for hydroxylation is 1. The van der Waals surface area contributed by atoms with E-state index >= 15 is 0 Å². The molecule has 0 heterocycles. The monoisotopic (exact) mass is 218 g/mol. The summed E-state index contributed by atoms with van der Waals surface area (Å²) in [7, 11) is 0. The van der Waals surface area contributed by atoms with Crippen molar-refractivity contribution in [1.82, 2.24) is 0 Å². The third kappa shape index (κ3) is 1.98. The molecule has 3 heteroatoms. The van der Waals surface area contributed by atoms with Crippen molar-refractivity contribution < 1.29 is 14.6 Å². The summed E-state index contributed by atoms with van der Waals surface area (Å²) < 4.78 is 13.1. The first kappa shape index (κ1) is 10.5. The number of hydrogen-bond donors (Lipinski definition) is 2. The predicted octanol–water partition coefficient (Wildman–Crippen LogP) is 3.21. The third-order valence-corrected chi connectivity index (χ3v) is 2.41. The molecule has 0 radical (unpaired) electrons. The van der Waals surface area contributed by atoms with Crippen LogP contribution in [0.3, 0.4) is 0 Å². The molecule has 16 heavy (non-hydrogen) atoms. The largest absolute Gasteiger partial charge is 0.508 e. The lowest BCUT2D eigenvalue weighted by Crippen LogP contribution is -1.82. The van der Waals surface area contributed by atoms with Crippen molar-refractivity contribution >= 4 is 0 Å². The molecule has 0 unspecified atom stereocenters. The Morgan fingerprint density at radius 1 is 0.938 bits per heavy atom. The van der Waals surface area contributed by atoms with Crippen LogP contribution in [0, 0.1) is 12.7 Å². The van der Waals surface area contributed by atoms with Gasteiger partial charge in [0.05, 0.1) is 0 Å². The Morgan fingerprint density at radius 2 is 1.69 bits per heavy atom. The first-order chi connectivity index (χ1) is 7.56. The SMILES string of the molecule is Cc1cc(-c2cc(O)cc(F)c2)ccc1O. The molecule has 2 rings (SSSR count). The number of phenols is 2. The normalized spacial score (nSPS) is 10.4. The minimum Gasteiger partial charge on any atom is -0.508 e. The number of phenolic OH excluding ortho intramolecular Hbond substituents is 2. The zero-order valence-corrected chi connectivity index (χ0v) is 8.74. The van der Waals surface area contributed by atoms with Crippen molar-refractivity contribution in [3.8, 4) is 22.6 Å². The molecule has 0 aliphatic rings. The Kier molecular flexibility index (Phi) is 2.52. The van der Waals surface area contributed by atoms with Crippen molar-refractivity contribution in [2.24, 2.45) is 0 Å². The quantitative estimate of drug-likeness (QED) is 0.771. The first-order valence-electron chi connectivity index (χ1n) is 4.86. The molecule has 2 nitrogen and oxygen atoms in total. The van der Waals surface area contributed by atoms with Crippen LogP contribution in [-0.2, 0) is 0 Å². The molecule has 0 aromatic heterocycles. The number of halogens is 1. The molecule has 0 saturated heterocycles. The number of benzene rings is 2. The average Bonchev–Trinajstić information content (AvgIpc) is 2.20. The maximum Gasteiger partial charge on any atom is 0.127 e. The average molecular weight is 218 g/mol. The van der Waals surface area contributed by atoms with Crippen LogP contribution in [0.2, 0.25) is 0 Å². The molecule has 2 aromatic rings. The summed E-state index contributed by atoms with van der Waals surface area (Å²) in [5.41, 5.74) is 2.05. The summed E-state index contributed by atoms with van der Waals surface area (Å²) in [5.74, 6) is -0.397. The van der Waals surface area contributed by atoms with E-state index in [0.29, 0.717) is 11.1 Å². The van der Waals surface area contributed by atoms with E-state index in [4.69, 9.17) is 0 Å². The Balaban J connectivity index is 2.54. The highest BCUT2D eigenvalue weighted by Crippen LogP contribution is 2.28. The molecule has 0 aliphatic heterocycles. The molecule has 0 bridgehead atoms. The fourth-order valence-electron chi connectivity index (χ4n) is 1.58. The van der Waals surface area contributed by atoms with E-state index in [9.17, 15) is 14.6 Å². The van der Waals surface area contributed by atoms with Crippen molar-refractivity contribution in [3.05, 3.63) is 47.8 Å². The van der Waals surface area contributed by atoms with Crippen LogP contribution >= 0.6 is 0 Å². The highest BCUT2D eigenvalue weighted by Gasteiger charge is 2.04. The van der Waals surface area contributed by atoms with Gasteiger partial charge in [-0.2, -0.15) is 0 Å².